The van der Waals surface area contributed by atoms with Gasteiger partial charge in [0.15, 0.2) is 0 Å². The molecule has 1 saturated heterocycles. The Morgan fingerprint density at radius 1 is 1.40 bits per heavy atom. The minimum Gasteiger partial charge on any atom is -0.326 e. The van der Waals surface area contributed by atoms with E-state index in [1.807, 2.05) is 0 Å². The first kappa shape index (κ1) is 10.7. The third-order valence-electron chi connectivity index (χ3n) is 3.46. The summed E-state index contributed by atoms with van der Waals surface area (Å²) in [7, 11) is 0. The maximum atomic E-state index is 6.20. The van der Waals surface area contributed by atoms with Crippen LogP contribution in [0.15, 0.2) is 24.3 Å². The summed E-state index contributed by atoms with van der Waals surface area (Å²) in [5.41, 5.74) is 8.97. The maximum Gasteiger partial charge on any atom is 0.0502 e. The Hall–Kier alpha value is -0.860. The van der Waals surface area contributed by atoms with Gasteiger partial charge in [0, 0.05) is 12.6 Å². The molecule has 0 bridgehead atoms. The van der Waals surface area contributed by atoms with Gasteiger partial charge in [-0.25, -0.2) is 0 Å². The van der Waals surface area contributed by atoms with Gasteiger partial charge in [-0.05, 0) is 31.0 Å². The molecule has 2 rings (SSSR count). The van der Waals surface area contributed by atoms with Crippen molar-refractivity contribution in [3.63, 3.8) is 0 Å². The smallest absolute Gasteiger partial charge is 0.0502 e. The van der Waals surface area contributed by atoms with E-state index in [9.17, 15) is 0 Å². The van der Waals surface area contributed by atoms with Crippen molar-refractivity contribution in [3.8, 4) is 0 Å². The Morgan fingerprint density at radius 2 is 2.13 bits per heavy atom. The summed E-state index contributed by atoms with van der Waals surface area (Å²) in [6, 6.07) is 9.32. The van der Waals surface area contributed by atoms with Crippen molar-refractivity contribution in [3.05, 3.63) is 35.4 Å². The van der Waals surface area contributed by atoms with Crippen LogP contribution < -0.4 is 5.73 Å². The standard InChI is InChI=1S/C13H20N2/c1-3-15-9-8-12(14)13(15)11-7-5-4-6-10(11)2/h4-7,12-13H,3,8-9,14H2,1-2H3. The molecule has 0 radical (unpaired) electrons. The van der Waals surface area contributed by atoms with Crippen molar-refractivity contribution in [1.82, 2.24) is 4.90 Å². The normalized spacial score (nSPS) is 27.1. The summed E-state index contributed by atoms with van der Waals surface area (Å²) in [6.07, 6.45) is 1.12. The predicted octanol–water partition coefficient (Wildman–Crippen LogP) is 2.09. The molecule has 1 fully saturated rings. The van der Waals surface area contributed by atoms with E-state index in [2.05, 4.69) is 43.0 Å². The second kappa shape index (κ2) is 4.33. The molecule has 2 N–H and O–H groups in total. The zero-order valence-electron chi connectivity index (χ0n) is 9.61. The van der Waals surface area contributed by atoms with Crippen molar-refractivity contribution in [2.45, 2.75) is 32.4 Å². The number of aryl methyl sites for hydroxylation is 1. The number of benzene rings is 1. The number of nitrogens with zero attached hydrogens (tertiary/aromatic N) is 1. The first-order valence-electron chi connectivity index (χ1n) is 5.79. The monoisotopic (exact) mass is 204 g/mol. The van der Waals surface area contributed by atoms with E-state index < -0.39 is 0 Å². The van der Waals surface area contributed by atoms with E-state index in [4.69, 9.17) is 5.73 Å². The number of likely N-dealkylation sites (N-methyl/N-ethyl adjacent to an activating group) is 1. The third-order valence-corrected chi connectivity index (χ3v) is 3.46. The van der Waals surface area contributed by atoms with Crippen LogP contribution in [0.5, 0.6) is 0 Å². The van der Waals surface area contributed by atoms with Gasteiger partial charge >= 0.3 is 0 Å². The molecule has 2 nitrogen and oxygen atoms in total. The van der Waals surface area contributed by atoms with Crippen LogP contribution in [0, 0.1) is 6.92 Å². The van der Waals surface area contributed by atoms with E-state index in [0.717, 1.165) is 19.5 Å². The first-order chi connectivity index (χ1) is 7.24. The Labute approximate surface area is 92.1 Å². The van der Waals surface area contributed by atoms with Gasteiger partial charge in [-0.2, -0.15) is 0 Å². The number of hydrogen-bond acceptors (Lipinski definition) is 2. The van der Waals surface area contributed by atoms with Crippen molar-refractivity contribution in [1.29, 1.82) is 0 Å². The topological polar surface area (TPSA) is 29.3 Å². The highest BCUT2D eigenvalue weighted by atomic mass is 15.2. The second-order valence-electron chi connectivity index (χ2n) is 4.38. The molecule has 1 aliphatic heterocycles. The lowest BCUT2D eigenvalue weighted by Gasteiger charge is -2.27. The van der Waals surface area contributed by atoms with E-state index in [0.29, 0.717) is 12.1 Å². The molecular formula is C13H20N2. The summed E-state index contributed by atoms with van der Waals surface area (Å²) < 4.78 is 0. The molecule has 2 heteroatoms. The third kappa shape index (κ3) is 1.92. The minimum atomic E-state index is 0.297. The van der Waals surface area contributed by atoms with Gasteiger partial charge in [0.2, 0.25) is 0 Å². The summed E-state index contributed by atoms with van der Waals surface area (Å²) in [6.45, 7) is 6.61. The van der Waals surface area contributed by atoms with Gasteiger partial charge in [0.05, 0.1) is 6.04 Å². The molecule has 82 valence electrons. The lowest BCUT2D eigenvalue weighted by Crippen LogP contribution is -2.32. The Kier molecular flexibility index (Phi) is 3.08. The number of rotatable bonds is 2. The first-order valence-corrected chi connectivity index (χ1v) is 5.79. The number of hydrogen-bond donors (Lipinski definition) is 1. The van der Waals surface area contributed by atoms with Crippen molar-refractivity contribution < 1.29 is 0 Å². The van der Waals surface area contributed by atoms with Crippen LogP contribution >= 0.6 is 0 Å². The maximum absolute atomic E-state index is 6.20. The van der Waals surface area contributed by atoms with Crippen LogP contribution in [0.25, 0.3) is 0 Å². The average Bonchev–Trinajstić information content (AvgIpc) is 2.60. The zero-order chi connectivity index (χ0) is 10.8. The van der Waals surface area contributed by atoms with Crippen LogP contribution in [-0.2, 0) is 0 Å². The van der Waals surface area contributed by atoms with Gasteiger partial charge in [-0.1, -0.05) is 31.2 Å². The van der Waals surface area contributed by atoms with Gasteiger partial charge in [0.25, 0.3) is 0 Å². The fraction of sp³-hybridized carbons (Fsp3) is 0.538. The second-order valence-corrected chi connectivity index (χ2v) is 4.38. The van der Waals surface area contributed by atoms with Crippen molar-refractivity contribution in [2.75, 3.05) is 13.1 Å². The van der Waals surface area contributed by atoms with Crippen LogP contribution in [-0.4, -0.2) is 24.0 Å². The number of nitrogens with two attached hydrogens (primary N) is 1. The molecular weight excluding hydrogens is 184 g/mol. The summed E-state index contributed by atoms with van der Waals surface area (Å²) in [5.74, 6) is 0. The van der Waals surface area contributed by atoms with Crippen molar-refractivity contribution >= 4 is 0 Å². The number of likely N-dealkylation sites (tertiary alicyclic amines) is 1. The van der Waals surface area contributed by atoms with Crippen LogP contribution in [0.1, 0.15) is 30.5 Å². The quantitative estimate of drug-likeness (QED) is 0.799. The van der Waals surface area contributed by atoms with Crippen molar-refractivity contribution in [2.24, 2.45) is 5.73 Å². The lowest BCUT2D eigenvalue weighted by atomic mass is 9.96. The zero-order valence-corrected chi connectivity index (χ0v) is 9.61. The van der Waals surface area contributed by atoms with E-state index in [-0.39, 0.29) is 0 Å². The van der Waals surface area contributed by atoms with Gasteiger partial charge in [0.1, 0.15) is 0 Å². The van der Waals surface area contributed by atoms with E-state index in [1.165, 1.54) is 11.1 Å². The van der Waals surface area contributed by atoms with Gasteiger partial charge in [-0.3, -0.25) is 4.90 Å². The molecule has 0 aliphatic carbocycles. The summed E-state index contributed by atoms with van der Waals surface area (Å²) in [5, 5.41) is 0. The average molecular weight is 204 g/mol. The molecule has 1 aromatic rings. The largest absolute Gasteiger partial charge is 0.326 e. The highest BCUT2D eigenvalue weighted by molar-refractivity contribution is 5.30. The van der Waals surface area contributed by atoms with Gasteiger partial charge in [-0.15, -0.1) is 0 Å². The highest BCUT2D eigenvalue weighted by Crippen LogP contribution is 2.32. The molecule has 0 aromatic heterocycles. The Balaban J connectivity index is 2.32. The van der Waals surface area contributed by atoms with Crippen LogP contribution in [0.2, 0.25) is 0 Å². The highest BCUT2D eigenvalue weighted by Gasteiger charge is 2.32. The Bertz CT molecular complexity index is 335. The molecule has 15 heavy (non-hydrogen) atoms. The van der Waals surface area contributed by atoms with Gasteiger partial charge < -0.3 is 5.73 Å². The SMILES string of the molecule is CCN1CCC(N)C1c1ccccc1C. The van der Waals surface area contributed by atoms with E-state index >= 15 is 0 Å². The summed E-state index contributed by atoms with van der Waals surface area (Å²) >= 11 is 0. The minimum absolute atomic E-state index is 0.297. The molecule has 1 aliphatic rings. The fourth-order valence-electron chi connectivity index (χ4n) is 2.58. The molecule has 0 spiro atoms. The summed E-state index contributed by atoms with van der Waals surface area (Å²) in [4.78, 5) is 2.48. The molecule has 2 atom stereocenters. The molecule has 0 amide bonds. The predicted molar refractivity (Wildman–Crippen MR) is 63.8 cm³/mol. The molecule has 2 unspecified atom stereocenters. The van der Waals surface area contributed by atoms with E-state index in [1.54, 1.807) is 0 Å². The van der Waals surface area contributed by atoms with Crippen LogP contribution in [0.4, 0.5) is 0 Å². The molecule has 1 aromatic carbocycles. The van der Waals surface area contributed by atoms with Crippen LogP contribution in [0.3, 0.4) is 0 Å². The molecule has 1 heterocycles. The lowest BCUT2D eigenvalue weighted by molar-refractivity contribution is 0.260. The Morgan fingerprint density at radius 3 is 2.80 bits per heavy atom. The molecule has 0 saturated carbocycles. The fourth-order valence-corrected chi connectivity index (χ4v) is 2.58.